The molecule has 2 aliphatic carbocycles. The smallest absolute Gasteiger partial charge is 0.332 e. The number of nitrogens with zero attached hydrogens (tertiary/aromatic N) is 6. The van der Waals surface area contributed by atoms with Crippen LogP contribution in [-0.2, 0) is 47.8 Å². The average Bonchev–Trinajstić information content (AvgIpc) is 4.55. The number of esters is 2. The van der Waals surface area contributed by atoms with Crippen LogP contribution in [-0.4, -0.2) is 203 Å². The molecule has 4 aromatic rings. The lowest BCUT2D eigenvalue weighted by Gasteiger charge is -2.40. The van der Waals surface area contributed by atoms with Crippen molar-refractivity contribution in [3.63, 3.8) is 0 Å². The normalized spacial score (nSPS) is 29.5. The second-order valence-corrected chi connectivity index (χ2v) is 24.6. The highest BCUT2D eigenvalue weighted by Crippen LogP contribution is 2.51. The van der Waals surface area contributed by atoms with Crippen LogP contribution in [0.25, 0.3) is 21.8 Å². The summed E-state index contributed by atoms with van der Waals surface area (Å²) in [6.07, 6.45) is 0.703. The maximum atomic E-state index is 15.7. The van der Waals surface area contributed by atoms with Gasteiger partial charge in [0.2, 0.25) is 35.4 Å². The van der Waals surface area contributed by atoms with Gasteiger partial charge < -0.3 is 60.6 Å². The van der Waals surface area contributed by atoms with Crippen molar-refractivity contribution in [2.45, 2.75) is 118 Å². The van der Waals surface area contributed by atoms with Gasteiger partial charge in [-0.25, -0.2) is 19.6 Å². The summed E-state index contributed by atoms with van der Waals surface area (Å²) in [5.74, 6) is -11.6. The van der Waals surface area contributed by atoms with Gasteiger partial charge in [-0.05, 0) is 69.2 Å². The zero-order valence-corrected chi connectivity index (χ0v) is 48.7. The molecule has 4 fully saturated rings. The monoisotopic (exact) mass is 1170 g/mol. The van der Waals surface area contributed by atoms with Crippen LogP contribution in [0.15, 0.2) is 60.7 Å². The number of ether oxygens (including phenoxy) is 2. The molecule has 8 rings (SSSR count). The average molecular weight is 1170 g/mol. The number of hydrogen-bond donors (Lipinski definition) is 6. The van der Waals surface area contributed by atoms with Gasteiger partial charge in [0, 0.05) is 50.0 Å². The summed E-state index contributed by atoms with van der Waals surface area (Å²) in [5.41, 5.74) is -3.61. The largest absolute Gasteiger partial charge is 0.505 e. The van der Waals surface area contributed by atoms with Crippen LogP contribution in [0.3, 0.4) is 0 Å². The van der Waals surface area contributed by atoms with E-state index in [-0.39, 0.29) is 23.8 Å². The molecule has 2 aromatic carbocycles. The molecule has 2 aromatic heterocycles. The molecule has 82 heavy (non-hydrogen) atoms. The zero-order valence-electron chi connectivity index (χ0n) is 47.1. The van der Waals surface area contributed by atoms with Crippen molar-refractivity contribution in [2.24, 2.45) is 11.8 Å². The highest BCUT2D eigenvalue weighted by Gasteiger charge is 2.66. The maximum Gasteiger partial charge on any atom is 0.332 e. The lowest BCUT2D eigenvalue weighted by atomic mass is 10.1. The Morgan fingerprint density at radius 3 is 1.52 bits per heavy atom. The first-order valence-electron chi connectivity index (χ1n) is 26.9. The molecule has 24 nitrogen and oxygen atoms in total. The number of benzene rings is 2. The number of aromatic nitrogens is 2. The summed E-state index contributed by atoms with van der Waals surface area (Å²) >= 11 is 2.37. The fourth-order valence-corrected chi connectivity index (χ4v) is 14.0. The molecule has 2 bridgehead atoms. The van der Waals surface area contributed by atoms with Crippen molar-refractivity contribution in [3.8, 4) is 11.5 Å². The molecule has 0 radical (unpaired) electrons. The Morgan fingerprint density at radius 2 is 1.10 bits per heavy atom. The van der Waals surface area contributed by atoms with Crippen molar-refractivity contribution in [1.29, 1.82) is 0 Å². The summed E-state index contributed by atoms with van der Waals surface area (Å²) in [6.45, 7) is 8.20. The van der Waals surface area contributed by atoms with E-state index in [0.717, 1.165) is 26.5 Å². The van der Waals surface area contributed by atoms with Gasteiger partial charge in [-0.3, -0.25) is 38.4 Å². The molecule has 6 N–H and O–H groups in total. The van der Waals surface area contributed by atoms with Gasteiger partial charge in [0.1, 0.15) is 72.0 Å². The molecule has 2 saturated carbocycles. The lowest BCUT2D eigenvalue weighted by molar-refractivity contribution is -0.161. The highest BCUT2D eigenvalue weighted by atomic mass is 32.2. The first-order valence-corrected chi connectivity index (χ1v) is 28.9. The quantitative estimate of drug-likeness (QED) is 0.144. The number of carbonyl (C=O) groups excluding carboxylic acids is 10. The minimum atomic E-state index is -1.75. The van der Waals surface area contributed by atoms with E-state index in [1.54, 1.807) is 62.4 Å². The third-order valence-electron chi connectivity index (χ3n) is 16.1. The van der Waals surface area contributed by atoms with Crippen molar-refractivity contribution in [3.05, 3.63) is 72.1 Å². The molecule has 2 aliphatic heterocycles. The highest BCUT2D eigenvalue weighted by molar-refractivity contribution is 8.17. The summed E-state index contributed by atoms with van der Waals surface area (Å²) in [6, 6.07) is 6.60. The number of amides is 8. The van der Waals surface area contributed by atoms with Gasteiger partial charge in [-0.15, -0.1) is 23.5 Å². The Balaban J connectivity index is 1.21. The summed E-state index contributed by atoms with van der Waals surface area (Å²) in [5, 5.41) is 32.8. The fraction of sp³-hybridized carbons (Fsp3) is 0.500. The molecular weight excluding hydrogens is 1100 g/mol. The van der Waals surface area contributed by atoms with Crippen molar-refractivity contribution in [2.75, 3.05) is 47.2 Å². The molecule has 4 heterocycles. The predicted octanol–water partition coefficient (Wildman–Crippen LogP) is 1.93. The van der Waals surface area contributed by atoms with Crippen LogP contribution in [0.2, 0.25) is 0 Å². The van der Waals surface area contributed by atoms with E-state index >= 15 is 9.59 Å². The van der Waals surface area contributed by atoms with Gasteiger partial charge in [-0.2, -0.15) is 0 Å². The Labute approximate surface area is 481 Å². The first-order chi connectivity index (χ1) is 38.8. The number of carbonyl (C=O) groups is 10. The number of rotatable bonds is 7. The minimum absolute atomic E-state index is 0.0686. The number of hydrogen-bond acceptors (Lipinski definition) is 18. The standard InChI is InChI=1S/C56H68N10O14S2/c1-11-29(4)82-52-43-51(76)66(10)56(23-28(56)3)54(78)80-25-36(61-46(71)41-39(67)20-32-16-12-14-18-34(32)59-41)44(69)57-30(5)48(73)63(7)38(26-81-52)50(75)65(9)55(22-27(55)2)53(77)79-24-37(45(70)58-31(6)49(74)64(43)8)62-47(72)42-40(68)21-33-17-13-15-19-35(33)60-42/h12-21,27-31,36-38,43,52,67-68H,11,22-26H2,1-10H3,(H,57,69)(H,58,70)(H,61,71)(H,62,72). The second kappa shape index (κ2) is 24.0. The van der Waals surface area contributed by atoms with Crippen LogP contribution in [0.4, 0.5) is 0 Å². The van der Waals surface area contributed by atoms with E-state index in [4.69, 9.17) is 9.47 Å². The number of thioether (sulfide) groups is 2. The molecule has 2 spiro atoms. The Morgan fingerprint density at radius 1 is 0.683 bits per heavy atom. The maximum absolute atomic E-state index is 15.7. The van der Waals surface area contributed by atoms with Gasteiger partial charge in [0.25, 0.3) is 11.8 Å². The molecule has 12 unspecified atom stereocenters. The zero-order chi connectivity index (χ0) is 59.9. The van der Waals surface area contributed by atoms with Crippen LogP contribution >= 0.6 is 23.5 Å². The number of pyridine rings is 2. The molecule has 26 heteroatoms. The molecule has 2 saturated heterocycles. The summed E-state index contributed by atoms with van der Waals surface area (Å²) in [4.78, 5) is 160. The van der Waals surface area contributed by atoms with E-state index in [9.17, 15) is 48.6 Å². The van der Waals surface area contributed by atoms with E-state index < -0.39 is 159 Å². The first kappa shape index (κ1) is 60.4. The number of aromatic hydroxyl groups is 2. The van der Waals surface area contributed by atoms with E-state index in [2.05, 4.69) is 31.2 Å². The molecular formula is C56H68N10O14S2. The lowest BCUT2D eigenvalue weighted by Crippen LogP contribution is -2.61. The van der Waals surface area contributed by atoms with Gasteiger partial charge in [-0.1, -0.05) is 64.1 Å². The number of likely N-dealkylation sites (N-methyl/N-ethyl adjacent to an activating group) is 4. The van der Waals surface area contributed by atoms with Gasteiger partial charge in [0.15, 0.2) is 11.4 Å². The summed E-state index contributed by atoms with van der Waals surface area (Å²) in [7, 11) is 5.41. The summed E-state index contributed by atoms with van der Waals surface area (Å²) < 4.78 is 10.7. The van der Waals surface area contributed by atoms with Crippen LogP contribution in [0, 0.1) is 11.8 Å². The molecule has 8 amide bonds. The predicted molar refractivity (Wildman–Crippen MR) is 302 cm³/mol. The Bertz CT molecular complexity index is 3260. The SMILES string of the molecule is CCC(C)SC1SCC2C(=O)N(C)C3(CC3C)C(=O)OCC(NC(=O)c3nc4ccccc4cc3O)C(=O)NC(C)C(=O)N(C)C1C(=O)N(C)C1(CC1C)C(=O)OCC(NC(=O)c1nc3ccccc3cc1O)C(=O)NC(C)C(=O)N2C. The Hall–Kier alpha value is -7.74. The van der Waals surface area contributed by atoms with Crippen LogP contribution in [0.1, 0.15) is 81.8 Å². The third kappa shape index (κ3) is 11.7. The van der Waals surface area contributed by atoms with Crippen molar-refractivity contribution in [1.82, 2.24) is 50.8 Å². The second-order valence-electron chi connectivity index (χ2n) is 21.6. The van der Waals surface area contributed by atoms with Crippen LogP contribution < -0.4 is 21.3 Å². The van der Waals surface area contributed by atoms with Crippen molar-refractivity contribution >= 4 is 105 Å². The van der Waals surface area contributed by atoms with E-state index in [1.165, 1.54) is 70.8 Å². The minimum Gasteiger partial charge on any atom is -0.505 e. The number of nitrogens with one attached hydrogen (secondary N) is 4. The van der Waals surface area contributed by atoms with Gasteiger partial charge >= 0.3 is 11.9 Å². The molecule has 12 atom stereocenters. The van der Waals surface area contributed by atoms with Gasteiger partial charge in [0.05, 0.1) is 15.6 Å². The third-order valence-corrected chi connectivity index (χ3v) is 19.3. The number of fused-ring (bicyclic) bond motifs is 6. The fourth-order valence-electron chi connectivity index (χ4n) is 10.5. The van der Waals surface area contributed by atoms with E-state index in [0.29, 0.717) is 28.2 Å². The van der Waals surface area contributed by atoms with Crippen LogP contribution in [0.5, 0.6) is 11.5 Å². The van der Waals surface area contributed by atoms with E-state index in [1.807, 2.05) is 13.8 Å². The molecule has 438 valence electrons. The molecule has 4 aliphatic rings. The van der Waals surface area contributed by atoms with Crippen molar-refractivity contribution < 1.29 is 67.6 Å². The Kier molecular flexibility index (Phi) is 17.7. The number of cyclic esters (lactones) is 2. The topological polar surface area (TPSA) is 316 Å². The number of para-hydroxylation sites is 2.